The molecule has 0 saturated carbocycles. The number of carboxylic acid groups (broad SMARTS) is 1. The first kappa shape index (κ1) is 45.6. The van der Waals surface area contributed by atoms with Gasteiger partial charge >= 0.3 is 5.97 Å². The molecule has 1 aromatic carbocycles. The molecule has 53 heavy (non-hydrogen) atoms. The average molecular weight is 746 g/mol. The van der Waals surface area contributed by atoms with Gasteiger partial charge in [-0.05, 0) is 57.9 Å². The fourth-order valence-corrected chi connectivity index (χ4v) is 7.50. The molecule has 0 radical (unpaired) electrons. The molecule has 1 heterocycles. The molecule has 13 nitrogen and oxygen atoms in total. The van der Waals surface area contributed by atoms with Gasteiger partial charge in [0.25, 0.3) is 0 Å². The Morgan fingerprint density at radius 3 is 2.11 bits per heavy atom. The fourth-order valence-electron chi connectivity index (χ4n) is 7.50. The van der Waals surface area contributed by atoms with Crippen LogP contribution in [0.3, 0.4) is 0 Å². The second-order valence-corrected chi connectivity index (χ2v) is 15.8. The zero-order valence-electron chi connectivity index (χ0n) is 34.1. The van der Waals surface area contributed by atoms with Crippen molar-refractivity contribution >= 4 is 29.6 Å². The van der Waals surface area contributed by atoms with Gasteiger partial charge in [-0.25, -0.2) is 4.79 Å². The van der Waals surface area contributed by atoms with Crippen molar-refractivity contribution in [2.45, 2.75) is 142 Å². The Hall–Kier alpha value is -3.55. The smallest absolute Gasteiger partial charge is 0.326 e. The number of likely N-dealkylation sites (tertiary alicyclic amines) is 1. The predicted molar refractivity (Wildman–Crippen MR) is 205 cm³/mol. The average Bonchev–Trinajstić information content (AvgIpc) is 3.58. The number of benzene rings is 1. The molecule has 2 rings (SSSR count). The van der Waals surface area contributed by atoms with Crippen molar-refractivity contribution < 1.29 is 38.6 Å². The van der Waals surface area contributed by atoms with E-state index in [2.05, 4.69) is 16.0 Å². The number of methoxy groups -OCH3 is 2. The van der Waals surface area contributed by atoms with Crippen LogP contribution in [0.1, 0.15) is 93.6 Å². The molecule has 0 bridgehead atoms. The summed E-state index contributed by atoms with van der Waals surface area (Å²) in [6, 6.07) is 6.32. The largest absolute Gasteiger partial charge is 0.480 e. The molecular weight excluding hydrogens is 678 g/mol. The first-order chi connectivity index (χ1) is 24.8. The third kappa shape index (κ3) is 12.5. The van der Waals surface area contributed by atoms with E-state index in [9.17, 15) is 29.1 Å². The molecule has 4 amide bonds. The highest BCUT2D eigenvalue weighted by atomic mass is 16.5. The molecular formula is C40H67N5O8. The maximum atomic E-state index is 14.2. The maximum Gasteiger partial charge on any atom is 0.326 e. The number of hydrogen-bond acceptors (Lipinski definition) is 8. The van der Waals surface area contributed by atoms with Gasteiger partial charge in [0.15, 0.2) is 0 Å². The van der Waals surface area contributed by atoms with Crippen LogP contribution in [-0.2, 0) is 39.9 Å². The molecule has 13 heteroatoms. The molecule has 1 aliphatic heterocycles. The zero-order valence-corrected chi connectivity index (χ0v) is 34.1. The van der Waals surface area contributed by atoms with E-state index in [1.165, 1.54) is 14.2 Å². The van der Waals surface area contributed by atoms with Gasteiger partial charge in [0.1, 0.15) is 12.1 Å². The molecule has 1 saturated heterocycles. The quantitative estimate of drug-likeness (QED) is 0.147. The van der Waals surface area contributed by atoms with E-state index >= 15 is 0 Å². The van der Waals surface area contributed by atoms with Gasteiger partial charge in [0.05, 0.1) is 42.2 Å². The maximum absolute atomic E-state index is 14.2. The molecule has 4 N–H and O–H groups in total. The van der Waals surface area contributed by atoms with Crippen molar-refractivity contribution in [1.82, 2.24) is 25.8 Å². The van der Waals surface area contributed by atoms with Gasteiger partial charge < -0.3 is 40.3 Å². The van der Waals surface area contributed by atoms with Crippen LogP contribution in [0.15, 0.2) is 30.3 Å². The van der Waals surface area contributed by atoms with Crippen molar-refractivity contribution in [2.24, 2.45) is 17.8 Å². The molecule has 1 aromatic rings. The summed E-state index contributed by atoms with van der Waals surface area (Å²) in [7, 11) is 4.74. The van der Waals surface area contributed by atoms with Gasteiger partial charge in [-0.15, -0.1) is 0 Å². The Morgan fingerprint density at radius 1 is 0.981 bits per heavy atom. The highest BCUT2D eigenvalue weighted by molar-refractivity contribution is 5.92. The molecule has 0 unspecified atom stereocenters. The standard InChI is InChI=1S/C40H67N5O8/c1-13-26(6)34(44(10)37(48)33(24(2)3)42-39(51)40(8,9)43-25(4)5)31(52-11)23-32(46)45-21-17-20-30(45)35(53-12)27(7)36(47)41-29(38(49)50)22-28-18-15-14-16-19-28/h14-16,18-19,24-27,29-31,33-35,43H,13,17,20-23H2,1-12H3,(H,41,47)(H,42,51)(H,49,50)/t26-,27+,29-,30-,31+,33-,34-,35+/m0/s1. The summed E-state index contributed by atoms with van der Waals surface area (Å²) in [5.41, 5.74) is -0.116. The topological polar surface area (TPSA) is 167 Å². The summed E-state index contributed by atoms with van der Waals surface area (Å²) in [5, 5.41) is 18.8. The Bertz CT molecular complexity index is 1360. The van der Waals surface area contributed by atoms with Crippen molar-refractivity contribution in [1.29, 1.82) is 0 Å². The first-order valence-electron chi connectivity index (χ1n) is 19.1. The summed E-state index contributed by atoms with van der Waals surface area (Å²) in [6.07, 6.45) is 0.797. The van der Waals surface area contributed by atoms with E-state index in [1.54, 1.807) is 37.6 Å². The Balaban J connectivity index is 2.27. The van der Waals surface area contributed by atoms with Gasteiger partial charge in [0, 0.05) is 40.3 Å². The van der Waals surface area contributed by atoms with Crippen LogP contribution < -0.4 is 16.0 Å². The summed E-state index contributed by atoms with van der Waals surface area (Å²) in [6.45, 7) is 17.5. The minimum absolute atomic E-state index is 0.0150. The summed E-state index contributed by atoms with van der Waals surface area (Å²) < 4.78 is 11.9. The number of rotatable bonds is 21. The van der Waals surface area contributed by atoms with Crippen LogP contribution in [0.25, 0.3) is 0 Å². The summed E-state index contributed by atoms with van der Waals surface area (Å²) in [5.74, 6) is -3.35. The normalized spacial score (nSPS) is 18.8. The lowest BCUT2D eigenvalue weighted by molar-refractivity contribution is -0.148. The van der Waals surface area contributed by atoms with Crippen LogP contribution in [0.2, 0.25) is 0 Å². The number of nitrogens with one attached hydrogen (secondary N) is 3. The molecule has 300 valence electrons. The Labute approximate surface area is 317 Å². The van der Waals surface area contributed by atoms with Gasteiger partial charge in [-0.2, -0.15) is 0 Å². The van der Waals surface area contributed by atoms with Crippen molar-refractivity contribution in [2.75, 3.05) is 27.8 Å². The van der Waals surface area contributed by atoms with E-state index in [-0.39, 0.29) is 48.4 Å². The van der Waals surface area contributed by atoms with E-state index in [4.69, 9.17) is 9.47 Å². The third-order valence-electron chi connectivity index (χ3n) is 10.6. The second-order valence-electron chi connectivity index (χ2n) is 15.8. The van der Waals surface area contributed by atoms with Gasteiger partial charge in [-0.1, -0.05) is 71.4 Å². The minimum Gasteiger partial charge on any atom is -0.480 e. The number of likely N-dealkylation sites (N-methyl/N-ethyl adjacent to an activating group) is 1. The number of carbonyl (C=O) groups excluding carboxylic acids is 4. The van der Waals surface area contributed by atoms with Crippen LogP contribution in [0.4, 0.5) is 0 Å². The van der Waals surface area contributed by atoms with Crippen LogP contribution in [0.5, 0.6) is 0 Å². The lowest BCUT2D eigenvalue weighted by Gasteiger charge is -2.41. The van der Waals surface area contributed by atoms with Crippen molar-refractivity contribution in [3.63, 3.8) is 0 Å². The van der Waals surface area contributed by atoms with Crippen LogP contribution in [0, 0.1) is 17.8 Å². The molecule has 8 atom stereocenters. The lowest BCUT2D eigenvalue weighted by atomic mass is 9.89. The van der Waals surface area contributed by atoms with Gasteiger partial charge in [0.2, 0.25) is 23.6 Å². The third-order valence-corrected chi connectivity index (χ3v) is 10.6. The molecule has 0 spiro atoms. The fraction of sp³-hybridized carbons (Fsp3) is 0.725. The Morgan fingerprint density at radius 2 is 1.60 bits per heavy atom. The summed E-state index contributed by atoms with van der Waals surface area (Å²) in [4.78, 5) is 70.6. The first-order valence-corrected chi connectivity index (χ1v) is 19.1. The number of carbonyl (C=O) groups is 5. The van der Waals surface area contributed by atoms with E-state index in [0.29, 0.717) is 25.8 Å². The summed E-state index contributed by atoms with van der Waals surface area (Å²) >= 11 is 0. The number of nitrogens with zero attached hydrogens (tertiary/aromatic N) is 2. The highest BCUT2D eigenvalue weighted by Gasteiger charge is 2.43. The Kier molecular flexibility index (Phi) is 17.9. The van der Waals surface area contributed by atoms with E-state index in [1.807, 2.05) is 71.9 Å². The van der Waals surface area contributed by atoms with Crippen LogP contribution in [-0.4, -0.2) is 120 Å². The molecule has 1 aliphatic rings. The molecule has 1 fully saturated rings. The monoisotopic (exact) mass is 745 g/mol. The number of ether oxygens (including phenoxy) is 2. The van der Waals surface area contributed by atoms with Crippen molar-refractivity contribution in [3.05, 3.63) is 35.9 Å². The van der Waals surface area contributed by atoms with E-state index < -0.39 is 59.7 Å². The van der Waals surface area contributed by atoms with Gasteiger partial charge in [-0.3, -0.25) is 19.2 Å². The van der Waals surface area contributed by atoms with Crippen LogP contribution >= 0.6 is 0 Å². The predicted octanol–water partition coefficient (Wildman–Crippen LogP) is 3.64. The lowest BCUT2D eigenvalue weighted by Crippen LogP contribution is -2.62. The number of carboxylic acids is 1. The molecule has 0 aromatic heterocycles. The van der Waals surface area contributed by atoms with Crippen molar-refractivity contribution in [3.8, 4) is 0 Å². The zero-order chi connectivity index (χ0) is 40.2. The SMILES string of the molecule is CC[C@H](C)[C@@H]([C@@H](CC(=O)N1CCC[C@H]1[C@H](OC)[C@@H](C)C(=O)N[C@@H](Cc1ccccc1)C(=O)O)OC)N(C)C(=O)[C@@H](NC(=O)C(C)(C)NC(C)C)C(C)C. The second kappa shape index (κ2) is 20.8. The number of aliphatic carboxylic acids is 1. The minimum atomic E-state index is -1.14. The van der Waals surface area contributed by atoms with E-state index in [0.717, 1.165) is 5.56 Å². The number of hydrogen-bond donors (Lipinski definition) is 4. The molecule has 0 aliphatic carbocycles. The highest BCUT2D eigenvalue weighted by Crippen LogP contribution is 2.30. The number of amides is 4.